The van der Waals surface area contributed by atoms with Gasteiger partial charge in [0.15, 0.2) is 5.78 Å². The number of piperidine rings is 2. The lowest BCUT2D eigenvalue weighted by molar-refractivity contribution is -0.210. The fourth-order valence-electron chi connectivity index (χ4n) is 13.9. The highest BCUT2D eigenvalue weighted by molar-refractivity contribution is 5.95. The van der Waals surface area contributed by atoms with Gasteiger partial charge in [-0.2, -0.15) is 0 Å². The summed E-state index contributed by atoms with van der Waals surface area (Å²) in [4.78, 5) is 43.6. The number of hydrogen-bond acceptors (Lipinski definition) is 6. The molecule has 4 saturated carbocycles. The summed E-state index contributed by atoms with van der Waals surface area (Å²) < 4.78 is 12.2. The Morgan fingerprint density at radius 1 is 0.854 bits per heavy atom. The third kappa shape index (κ3) is 5.05. The summed E-state index contributed by atoms with van der Waals surface area (Å²) in [6, 6.07) is 0.577. The van der Waals surface area contributed by atoms with Crippen molar-refractivity contribution in [3.8, 4) is 0 Å². The highest BCUT2D eigenvalue weighted by atomic mass is 16.5. The zero-order valence-electron chi connectivity index (χ0n) is 31.6. The number of hydrogen-bond donors (Lipinski definition) is 0. The van der Waals surface area contributed by atoms with Gasteiger partial charge in [0.25, 0.3) is 0 Å². The first-order valence-electron chi connectivity index (χ1n) is 19.8. The topological polar surface area (TPSA) is 72.9 Å². The Balaban J connectivity index is 1.15. The van der Waals surface area contributed by atoms with Gasteiger partial charge in [0.05, 0.1) is 12.0 Å². The molecule has 6 heteroatoms. The van der Waals surface area contributed by atoms with E-state index in [9.17, 15) is 14.4 Å². The second kappa shape index (κ2) is 11.7. The second-order valence-electron chi connectivity index (χ2n) is 19.8. The normalized spacial score (nSPS) is 48.4. The molecule has 2 saturated heterocycles. The van der Waals surface area contributed by atoms with Gasteiger partial charge in [0.2, 0.25) is 0 Å². The molecule has 0 amide bonds. The van der Waals surface area contributed by atoms with Crippen LogP contribution in [0.5, 0.6) is 0 Å². The Bertz CT molecular complexity index is 1370. The van der Waals surface area contributed by atoms with E-state index >= 15 is 0 Å². The Morgan fingerprint density at radius 3 is 2.33 bits per heavy atom. The third-order valence-electron chi connectivity index (χ3n) is 17.0. The van der Waals surface area contributed by atoms with Crippen LogP contribution in [0.15, 0.2) is 11.6 Å². The predicted octanol–water partition coefficient (Wildman–Crippen LogP) is 8.71. The van der Waals surface area contributed by atoms with E-state index in [1.54, 1.807) is 0 Å². The minimum absolute atomic E-state index is 0.00336. The first-order valence-corrected chi connectivity index (χ1v) is 19.8. The molecule has 0 N–H and O–H groups in total. The van der Waals surface area contributed by atoms with Gasteiger partial charge in [-0.25, -0.2) is 0 Å². The maximum absolute atomic E-state index is 14.8. The van der Waals surface area contributed by atoms with Crippen LogP contribution in [0.4, 0.5) is 0 Å². The molecule has 0 aromatic carbocycles. The van der Waals surface area contributed by atoms with Crippen molar-refractivity contribution in [2.45, 2.75) is 157 Å². The quantitative estimate of drug-likeness (QED) is 0.280. The summed E-state index contributed by atoms with van der Waals surface area (Å²) in [5.74, 6) is 1.05. The fourth-order valence-corrected chi connectivity index (χ4v) is 13.9. The minimum Gasteiger partial charge on any atom is -0.465 e. The maximum Gasteiger partial charge on any atom is 0.311 e. The molecule has 7 rings (SSSR count). The van der Waals surface area contributed by atoms with Crippen molar-refractivity contribution in [3.05, 3.63) is 11.6 Å². The predicted molar refractivity (Wildman–Crippen MR) is 188 cm³/mol. The first kappa shape index (κ1) is 34.7. The van der Waals surface area contributed by atoms with Crippen LogP contribution in [0.3, 0.4) is 0 Å². The van der Waals surface area contributed by atoms with Crippen LogP contribution in [-0.4, -0.2) is 54.5 Å². The second-order valence-corrected chi connectivity index (χ2v) is 19.8. The van der Waals surface area contributed by atoms with Crippen molar-refractivity contribution in [2.75, 3.05) is 19.7 Å². The lowest BCUT2D eigenvalue weighted by Crippen LogP contribution is -2.66. The van der Waals surface area contributed by atoms with E-state index < -0.39 is 5.41 Å². The molecule has 0 aromatic rings. The van der Waals surface area contributed by atoms with E-state index in [2.05, 4.69) is 59.4 Å². The number of carbonyl (C=O) groups excluding carboxylic acids is 3. The summed E-state index contributed by atoms with van der Waals surface area (Å²) in [5, 5.41) is 0. The molecule has 268 valence electrons. The summed E-state index contributed by atoms with van der Waals surface area (Å²) in [6.45, 7) is 21.0. The van der Waals surface area contributed by atoms with Crippen molar-refractivity contribution in [1.82, 2.24) is 4.90 Å². The molecule has 6 fully saturated rings. The molecule has 2 heterocycles. The fraction of sp³-hybridized carbons (Fsp3) is 0.881. The molecule has 0 spiro atoms. The number of allylic oxidation sites excluding steroid dienone is 2. The summed E-state index contributed by atoms with van der Waals surface area (Å²) in [7, 11) is 0. The van der Waals surface area contributed by atoms with E-state index in [1.165, 1.54) is 57.7 Å². The zero-order valence-corrected chi connectivity index (χ0v) is 31.6. The van der Waals surface area contributed by atoms with Crippen LogP contribution < -0.4 is 0 Å². The Morgan fingerprint density at radius 2 is 1.58 bits per heavy atom. The number of fused-ring (bicyclic) bond motifs is 8. The first-order chi connectivity index (χ1) is 22.5. The number of nitrogens with zero attached hydrogens (tertiary/aromatic N) is 1. The molecule has 5 aliphatic carbocycles. The van der Waals surface area contributed by atoms with Gasteiger partial charge < -0.3 is 9.47 Å². The molecule has 0 bridgehead atoms. The third-order valence-corrected chi connectivity index (χ3v) is 17.0. The lowest BCUT2D eigenvalue weighted by Gasteiger charge is -2.70. The van der Waals surface area contributed by atoms with Crippen LogP contribution in [0.25, 0.3) is 0 Å². The van der Waals surface area contributed by atoms with Gasteiger partial charge in [0.1, 0.15) is 6.10 Å². The van der Waals surface area contributed by atoms with Crippen LogP contribution in [0, 0.1) is 56.2 Å². The van der Waals surface area contributed by atoms with Crippen molar-refractivity contribution in [3.63, 3.8) is 0 Å². The highest BCUT2D eigenvalue weighted by Crippen LogP contribution is 2.75. The molecular formula is C42H65NO5. The molecule has 7 aliphatic rings. The van der Waals surface area contributed by atoms with Gasteiger partial charge in [-0.05, 0) is 143 Å². The van der Waals surface area contributed by atoms with Crippen molar-refractivity contribution >= 4 is 17.7 Å². The Hall–Kier alpha value is -1.69. The van der Waals surface area contributed by atoms with E-state index in [4.69, 9.17) is 9.47 Å². The molecule has 11 atom stereocenters. The molecule has 11 unspecified atom stereocenters. The van der Waals surface area contributed by atoms with Crippen molar-refractivity contribution < 1.29 is 23.9 Å². The van der Waals surface area contributed by atoms with E-state index in [0.29, 0.717) is 30.3 Å². The van der Waals surface area contributed by atoms with Crippen molar-refractivity contribution in [1.29, 1.82) is 0 Å². The van der Waals surface area contributed by atoms with Gasteiger partial charge >= 0.3 is 11.9 Å². The van der Waals surface area contributed by atoms with Gasteiger partial charge in [-0.3, -0.25) is 19.3 Å². The van der Waals surface area contributed by atoms with E-state index in [-0.39, 0.29) is 57.0 Å². The molecule has 0 radical (unpaired) electrons. The van der Waals surface area contributed by atoms with Crippen LogP contribution in [0.2, 0.25) is 0 Å². The molecule has 6 nitrogen and oxygen atoms in total. The van der Waals surface area contributed by atoms with Crippen LogP contribution in [-0.2, 0) is 23.9 Å². The Kier molecular flexibility index (Phi) is 8.45. The summed E-state index contributed by atoms with van der Waals surface area (Å²) >= 11 is 0. The molecular weight excluding hydrogens is 598 g/mol. The standard InChI is InChI=1S/C42H65NO5/c1-27(44)48-34-15-16-40(6)33(37(34,2)3)14-17-42(8)35(40)32(45)24-29-30-25-39(5,19-18-38(30,4)20-21-41(29,42)7)36(46)47-26-28-12-11-23-43-22-10-9-13-31(28)43/h24,28,30-31,33-35H,9-23,25-26H2,1-8H3. The van der Waals surface area contributed by atoms with Crippen LogP contribution in [0.1, 0.15) is 145 Å². The summed E-state index contributed by atoms with van der Waals surface area (Å²) in [6.07, 6.45) is 16.9. The van der Waals surface area contributed by atoms with Gasteiger partial charge in [0, 0.05) is 30.2 Å². The molecule has 0 aromatic heterocycles. The van der Waals surface area contributed by atoms with E-state index in [0.717, 1.165) is 57.8 Å². The minimum atomic E-state index is -0.520. The average Bonchev–Trinajstić information content (AvgIpc) is 3.03. The van der Waals surface area contributed by atoms with Crippen LogP contribution >= 0.6 is 0 Å². The number of carbonyl (C=O) groups is 3. The summed E-state index contributed by atoms with van der Waals surface area (Å²) in [5.41, 5.74) is 0.364. The van der Waals surface area contributed by atoms with E-state index in [1.807, 2.05) is 0 Å². The smallest absolute Gasteiger partial charge is 0.311 e. The number of rotatable bonds is 4. The molecule has 2 aliphatic heterocycles. The average molecular weight is 664 g/mol. The lowest BCUT2D eigenvalue weighted by atomic mass is 9.33. The number of ether oxygens (including phenoxy) is 2. The largest absolute Gasteiger partial charge is 0.465 e. The number of ketones is 1. The zero-order chi connectivity index (χ0) is 34.5. The number of esters is 2. The van der Waals surface area contributed by atoms with Gasteiger partial charge in [-0.1, -0.05) is 53.5 Å². The maximum atomic E-state index is 14.8. The highest BCUT2D eigenvalue weighted by Gasteiger charge is 2.70. The SMILES string of the molecule is CC(=O)OC1CCC2(C)C(CCC3(C)C2C(=O)C=C2C4CC(C)(C(=O)OCC5CCCN6CCCCC56)CCC4(C)CCC23C)C1(C)C. The monoisotopic (exact) mass is 663 g/mol. The van der Waals surface area contributed by atoms with Crippen molar-refractivity contribution in [2.24, 2.45) is 56.2 Å². The molecule has 48 heavy (non-hydrogen) atoms. The Labute approximate surface area is 290 Å². The van der Waals surface area contributed by atoms with Gasteiger partial charge in [-0.15, -0.1) is 0 Å².